The van der Waals surface area contributed by atoms with Gasteiger partial charge in [-0.2, -0.15) is 0 Å². The maximum atomic E-state index is 15.0. The second kappa shape index (κ2) is 16.9. The lowest BCUT2D eigenvalue weighted by atomic mass is 9.82. The van der Waals surface area contributed by atoms with Crippen LogP contribution in [0.5, 0.6) is 11.5 Å². The molecule has 0 spiro atoms. The zero-order chi connectivity index (χ0) is 37.4. The third-order valence-corrected chi connectivity index (χ3v) is 11.9. The summed E-state index contributed by atoms with van der Waals surface area (Å²) < 4.78 is 15.9. The molecule has 286 valence electrons. The molecule has 1 saturated heterocycles. The third kappa shape index (κ3) is 9.34. The SMILES string of the molecule is Cc1cc(Cl)c(OCCOc2ccc(C3=C(C(=O)N(Cc4ccccc4C)C4CC4)[C@H]4CNCC(C3)N4C(=O)OC(C)(C)C(Cl)(Cl)Cl)cc2)cc1C.Cl. The number of carbonyl (C=O) groups is 2. The average molecular weight is 826 g/mol. The molecule has 2 heterocycles. The van der Waals surface area contributed by atoms with Crippen molar-refractivity contribution >= 4 is 76.4 Å². The standard InChI is InChI=1S/C40H45Cl4N3O5.ClH/c1-24-8-6-7-9-28(24)23-46(29-12-13-29)37(48)36-32(20-30-21-45-22-34(36)47(30)38(49)52-39(4,5)40(42,43)44)27-10-14-31(15-11-27)50-16-17-51-35-19-26(3)25(2)18-33(35)41;/h6-11,14-15,18-19,29-30,34,45H,12-13,16-17,20-23H2,1-5H3;1H/t30?,34-;/m1./s1. The van der Waals surface area contributed by atoms with Gasteiger partial charge in [-0.1, -0.05) is 82.8 Å². The first-order valence-corrected chi connectivity index (χ1v) is 19.2. The summed E-state index contributed by atoms with van der Waals surface area (Å²) in [4.78, 5) is 32.6. The molecule has 2 fully saturated rings. The Morgan fingerprint density at radius 1 is 0.906 bits per heavy atom. The van der Waals surface area contributed by atoms with E-state index in [1.165, 1.54) is 0 Å². The number of piperazine rings is 1. The van der Waals surface area contributed by atoms with Crippen molar-refractivity contribution in [2.75, 3.05) is 26.3 Å². The summed E-state index contributed by atoms with van der Waals surface area (Å²) in [7, 11) is 0. The van der Waals surface area contributed by atoms with Gasteiger partial charge in [0.2, 0.25) is 3.79 Å². The zero-order valence-corrected chi connectivity index (χ0v) is 34.4. The van der Waals surface area contributed by atoms with Gasteiger partial charge >= 0.3 is 6.09 Å². The minimum Gasteiger partial charge on any atom is -0.490 e. The molecule has 3 aromatic rings. The number of benzene rings is 3. The van der Waals surface area contributed by atoms with E-state index < -0.39 is 21.5 Å². The Kier molecular flexibility index (Phi) is 13.2. The van der Waals surface area contributed by atoms with Crippen LogP contribution in [-0.2, 0) is 16.1 Å². The zero-order valence-electron chi connectivity index (χ0n) is 30.5. The number of fused-ring (bicyclic) bond motifs is 2. The summed E-state index contributed by atoms with van der Waals surface area (Å²) in [6, 6.07) is 18.9. The van der Waals surface area contributed by atoms with Crippen molar-refractivity contribution < 1.29 is 23.8 Å². The van der Waals surface area contributed by atoms with E-state index in [1.54, 1.807) is 18.7 Å². The van der Waals surface area contributed by atoms with Gasteiger partial charge in [0.25, 0.3) is 5.91 Å². The van der Waals surface area contributed by atoms with Gasteiger partial charge in [0.1, 0.15) is 24.7 Å². The van der Waals surface area contributed by atoms with E-state index in [4.69, 9.17) is 60.6 Å². The number of rotatable bonds is 11. The molecular weight excluding hydrogens is 780 g/mol. The van der Waals surface area contributed by atoms with Crippen molar-refractivity contribution in [2.45, 2.75) is 87.9 Å². The fourth-order valence-corrected chi connectivity index (χ4v) is 7.14. The Hall–Kier alpha value is -2.85. The molecule has 2 amide bonds. The number of amides is 2. The van der Waals surface area contributed by atoms with E-state index in [0.717, 1.165) is 46.2 Å². The van der Waals surface area contributed by atoms with Crippen LogP contribution in [-0.4, -0.2) is 75.6 Å². The highest BCUT2D eigenvalue weighted by molar-refractivity contribution is 6.68. The largest absolute Gasteiger partial charge is 0.490 e. The molecule has 0 aromatic heterocycles. The number of ether oxygens (including phenoxy) is 3. The Morgan fingerprint density at radius 3 is 2.23 bits per heavy atom. The van der Waals surface area contributed by atoms with E-state index in [-0.39, 0.29) is 30.4 Å². The van der Waals surface area contributed by atoms with Gasteiger partial charge in [0, 0.05) is 31.2 Å². The lowest BCUT2D eigenvalue weighted by molar-refractivity contribution is -0.129. The molecule has 8 nitrogen and oxygen atoms in total. The van der Waals surface area contributed by atoms with Crippen LogP contribution >= 0.6 is 58.8 Å². The maximum Gasteiger partial charge on any atom is 0.411 e. The van der Waals surface area contributed by atoms with E-state index >= 15 is 0 Å². The molecule has 1 unspecified atom stereocenters. The van der Waals surface area contributed by atoms with Crippen molar-refractivity contribution in [1.82, 2.24) is 15.1 Å². The molecule has 1 saturated carbocycles. The summed E-state index contributed by atoms with van der Waals surface area (Å²) in [5.41, 5.74) is 5.37. The van der Waals surface area contributed by atoms with Crippen molar-refractivity contribution in [3.8, 4) is 11.5 Å². The summed E-state index contributed by atoms with van der Waals surface area (Å²) >= 11 is 25.0. The van der Waals surface area contributed by atoms with Crippen LogP contribution in [0.25, 0.3) is 5.57 Å². The summed E-state index contributed by atoms with van der Waals surface area (Å²) in [6.07, 6.45) is 1.67. The molecule has 6 rings (SSSR count). The Bertz CT molecular complexity index is 1840. The highest BCUT2D eigenvalue weighted by Gasteiger charge is 2.50. The van der Waals surface area contributed by atoms with Crippen LogP contribution < -0.4 is 14.8 Å². The second-order valence-corrected chi connectivity index (χ2v) is 17.1. The van der Waals surface area contributed by atoms with Crippen LogP contribution in [0, 0.1) is 20.8 Å². The molecular formula is C40H46Cl5N3O5. The Balaban J connectivity index is 0.00000541. The molecule has 1 aliphatic carbocycles. The van der Waals surface area contributed by atoms with Gasteiger partial charge in [0.05, 0.1) is 17.1 Å². The monoisotopic (exact) mass is 823 g/mol. The quantitative estimate of drug-likeness (QED) is 0.153. The molecule has 3 aromatic carbocycles. The number of nitrogens with one attached hydrogen (secondary N) is 1. The molecule has 3 aliphatic rings. The van der Waals surface area contributed by atoms with Gasteiger partial charge in [-0.05, 0) is 112 Å². The number of nitrogens with zero attached hydrogens (tertiary/aromatic N) is 2. The lowest BCUT2D eigenvalue weighted by Gasteiger charge is -2.48. The van der Waals surface area contributed by atoms with E-state index in [0.29, 0.717) is 61.4 Å². The Labute approximate surface area is 338 Å². The summed E-state index contributed by atoms with van der Waals surface area (Å²) in [5.74, 6) is 1.21. The number of halogens is 5. The molecule has 13 heteroatoms. The van der Waals surface area contributed by atoms with Crippen LogP contribution in [0.1, 0.15) is 60.9 Å². The van der Waals surface area contributed by atoms with E-state index in [9.17, 15) is 9.59 Å². The molecule has 1 N–H and O–H groups in total. The van der Waals surface area contributed by atoms with Gasteiger partial charge < -0.3 is 24.4 Å². The van der Waals surface area contributed by atoms with Gasteiger partial charge in [-0.3, -0.25) is 9.69 Å². The minimum atomic E-state index is -1.86. The van der Waals surface area contributed by atoms with E-state index in [2.05, 4.69) is 24.4 Å². The maximum absolute atomic E-state index is 15.0. The van der Waals surface area contributed by atoms with Crippen LogP contribution in [0.3, 0.4) is 0 Å². The fraction of sp³-hybridized carbons (Fsp3) is 0.450. The average Bonchev–Trinajstić information content (AvgIpc) is 3.93. The van der Waals surface area contributed by atoms with Crippen LogP contribution in [0.2, 0.25) is 5.02 Å². The van der Waals surface area contributed by atoms with Crippen LogP contribution in [0.15, 0.2) is 66.2 Å². The van der Waals surface area contributed by atoms with Crippen molar-refractivity contribution in [3.05, 3.63) is 99.1 Å². The number of aryl methyl sites for hydroxylation is 3. The summed E-state index contributed by atoms with van der Waals surface area (Å²) in [6.45, 7) is 11.2. The smallest absolute Gasteiger partial charge is 0.411 e. The first-order chi connectivity index (χ1) is 24.6. The number of hydrogen-bond acceptors (Lipinski definition) is 6. The highest BCUT2D eigenvalue weighted by Crippen LogP contribution is 2.44. The topological polar surface area (TPSA) is 80.3 Å². The number of hydrogen-bond donors (Lipinski definition) is 1. The van der Waals surface area contributed by atoms with Crippen molar-refractivity contribution in [2.24, 2.45) is 0 Å². The highest BCUT2D eigenvalue weighted by atomic mass is 35.6. The molecule has 53 heavy (non-hydrogen) atoms. The summed E-state index contributed by atoms with van der Waals surface area (Å²) in [5, 5.41) is 4.02. The van der Waals surface area contributed by atoms with Crippen LogP contribution in [0.4, 0.5) is 4.79 Å². The lowest BCUT2D eigenvalue weighted by Crippen LogP contribution is -2.64. The third-order valence-electron chi connectivity index (χ3n) is 10.2. The van der Waals surface area contributed by atoms with Gasteiger partial charge in [-0.25, -0.2) is 4.79 Å². The van der Waals surface area contributed by atoms with Gasteiger partial charge in [-0.15, -0.1) is 12.4 Å². The predicted octanol–water partition coefficient (Wildman–Crippen LogP) is 9.42. The number of alkyl halides is 3. The van der Waals surface area contributed by atoms with Crippen molar-refractivity contribution in [3.63, 3.8) is 0 Å². The first-order valence-electron chi connectivity index (χ1n) is 17.6. The van der Waals surface area contributed by atoms with Crippen molar-refractivity contribution in [1.29, 1.82) is 0 Å². The normalized spacial score (nSPS) is 18.6. The van der Waals surface area contributed by atoms with E-state index in [1.807, 2.05) is 67.3 Å². The minimum absolute atomic E-state index is 0. The van der Waals surface area contributed by atoms with Gasteiger partial charge in [0.15, 0.2) is 5.60 Å². The molecule has 2 aliphatic heterocycles. The second-order valence-electron chi connectivity index (χ2n) is 14.4. The Morgan fingerprint density at radius 2 is 1.57 bits per heavy atom. The fourth-order valence-electron chi connectivity index (χ4n) is 6.75. The molecule has 2 atom stereocenters. The predicted molar refractivity (Wildman–Crippen MR) is 215 cm³/mol. The molecule has 0 radical (unpaired) electrons. The number of carbonyl (C=O) groups excluding carboxylic acids is 2. The molecule has 2 bridgehead atoms. The first kappa shape index (κ1) is 41.3.